The highest BCUT2D eigenvalue weighted by molar-refractivity contribution is 6.04. The molecule has 0 unspecified atom stereocenters. The maximum absolute atomic E-state index is 13.0. The molecule has 0 bridgehead atoms. The average Bonchev–Trinajstić information content (AvgIpc) is 2.82. The molecular weight excluding hydrogens is 409 g/mol. The fourth-order valence-corrected chi connectivity index (χ4v) is 3.07. The second-order valence-corrected chi connectivity index (χ2v) is 6.73. The van der Waals surface area contributed by atoms with E-state index in [-0.39, 0.29) is 11.6 Å². The molecule has 0 saturated heterocycles. The van der Waals surface area contributed by atoms with Gasteiger partial charge >= 0.3 is 0 Å². The number of para-hydroxylation sites is 1. The van der Waals surface area contributed by atoms with Crippen LogP contribution in [0.4, 0.5) is 10.1 Å². The van der Waals surface area contributed by atoms with Crippen molar-refractivity contribution in [1.29, 1.82) is 0 Å². The summed E-state index contributed by atoms with van der Waals surface area (Å²) in [5.74, 6) is 1.07. The van der Waals surface area contributed by atoms with E-state index in [4.69, 9.17) is 14.2 Å². The van der Waals surface area contributed by atoms with Crippen LogP contribution in [0.5, 0.6) is 17.2 Å². The third-order valence-corrected chi connectivity index (χ3v) is 4.71. The van der Waals surface area contributed by atoms with Crippen molar-refractivity contribution in [2.24, 2.45) is 0 Å². The molecule has 5 nitrogen and oxygen atoms in total. The van der Waals surface area contributed by atoms with E-state index in [1.807, 2.05) is 48.6 Å². The minimum Gasteiger partial charge on any atom is -0.493 e. The molecule has 0 aliphatic carbocycles. The van der Waals surface area contributed by atoms with Crippen LogP contribution in [0.1, 0.15) is 21.5 Å². The molecule has 164 valence electrons. The summed E-state index contributed by atoms with van der Waals surface area (Å²) < 4.78 is 29.2. The van der Waals surface area contributed by atoms with Gasteiger partial charge in [-0.15, -0.1) is 0 Å². The predicted octanol–water partition coefficient (Wildman–Crippen LogP) is 5.83. The predicted molar refractivity (Wildman–Crippen MR) is 125 cm³/mol. The molecule has 0 radical (unpaired) electrons. The zero-order valence-electron chi connectivity index (χ0n) is 18.1. The fraction of sp³-hybridized carbons (Fsp3) is 0.115. The Kier molecular flexibility index (Phi) is 7.65. The number of ether oxygens (including phenoxy) is 3. The fourth-order valence-electron chi connectivity index (χ4n) is 3.07. The molecule has 0 aromatic heterocycles. The van der Waals surface area contributed by atoms with Gasteiger partial charge in [0, 0.05) is 23.5 Å². The Labute approximate surface area is 186 Å². The minimum absolute atomic E-state index is 0.219. The highest BCUT2D eigenvalue weighted by Gasteiger charge is 2.12. The summed E-state index contributed by atoms with van der Waals surface area (Å²) in [5.41, 5.74) is 3.02. The lowest BCUT2D eigenvalue weighted by atomic mass is 10.1. The quantitative estimate of drug-likeness (QED) is 0.261. The van der Waals surface area contributed by atoms with Crippen LogP contribution >= 0.6 is 0 Å². The molecule has 0 aliphatic rings. The van der Waals surface area contributed by atoms with E-state index in [2.05, 4.69) is 5.32 Å². The van der Waals surface area contributed by atoms with Crippen molar-refractivity contribution in [3.63, 3.8) is 0 Å². The van der Waals surface area contributed by atoms with Crippen molar-refractivity contribution in [2.75, 3.05) is 26.6 Å². The molecule has 0 atom stereocenters. The largest absolute Gasteiger partial charge is 0.493 e. The molecule has 0 amide bonds. The Morgan fingerprint density at radius 2 is 1.53 bits per heavy atom. The zero-order valence-corrected chi connectivity index (χ0v) is 18.1. The van der Waals surface area contributed by atoms with Gasteiger partial charge in [-0.1, -0.05) is 30.4 Å². The SMILES string of the molecule is COc1cc(C=Cc2ccccc2NC=CC(=O)c2ccc(F)cc2)cc(OC)c1OC. The van der Waals surface area contributed by atoms with Crippen LogP contribution < -0.4 is 19.5 Å². The number of carbonyl (C=O) groups excluding carboxylic acids is 1. The summed E-state index contributed by atoms with van der Waals surface area (Å²) in [6.45, 7) is 0. The van der Waals surface area contributed by atoms with E-state index >= 15 is 0 Å². The summed E-state index contributed by atoms with van der Waals surface area (Å²) in [4.78, 5) is 12.2. The Morgan fingerprint density at radius 3 is 2.16 bits per heavy atom. The first-order chi connectivity index (χ1) is 15.5. The van der Waals surface area contributed by atoms with E-state index in [0.717, 1.165) is 16.8 Å². The van der Waals surface area contributed by atoms with Crippen LogP contribution in [0.15, 0.2) is 72.9 Å². The molecule has 6 heteroatoms. The van der Waals surface area contributed by atoms with Gasteiger partial charge in [0.1, 0.15) is 5.82 Å². The van der Waals surface area contributed by atoms with Gasteiger partial charge in [0.15, 0.2) is 17.3 Å². The van der Waals surface area contributed by atoms with Crippen LogP contribution in [-0.4, -0.2) is 27.1 Å². The highest BCUT2D eigenvalue weighted by atomic mass is 19.1. The number of hydrogen-bond acceptors (Lipinski definition) is 5. The Balaban J connectivity index is 1.77. The second-order valence-electron chi connectivity index (χ2n) is 6.73. The number of allylic oxidation sites excluding steroid dienone is 1. The Morgan fingerprint density at radius 1 is 0.875 bits per heavy atom. The molecule has 0 fully saturated rings. The number of anilines is 1. The standard InChI is InChI=1S/C26H24FNO4/c1-30-24-16-18(17-25(31-2)26(24)32-3)8-9-19-6-4-5-7-22(19)28-15-14-23(29)20-10-12-21(27)13-11-20/h4-17,28H,1-3H3. The van der Waals surface area contributed by atoms with Gasteiger partial charge in [-0.25, -0.2) is 4.39 Å². The maximum atomic E-state index is 13.0. The second kappa shape index (κ2) is 10.8. The van der Waals surface area contributed by atoms with Gasteiger partial charge in [-0.3, -0.25) is 4.79 Å². The summed E-state index contributed by atoms with van der Waals surface area (Å²) >= 11 is 0. The molecule has 0 heterocycles. The van der Waals surface area contributed by atoms with Gasteiger partial charge in [0.25, 0.3) is 0 Å². The molecule has 3 aromatic rings. The van der Waals surface area contributed by atoms with Crippen molar-refractivity contribution in [1.82, 2.24) is 0 Å². The number of rotatable bonds is 9. The molecule has 32 heavy (non-hydrogen) atoms. The Hall–Kier alpha value is -4.06. The summed E-state index contributed by atoms with van der Waals surface area (Å²) in [7, 11) is 4.71. The summed E-state index contributed by atoms with van der Waals surface area (Å²) in [6, 6.07) is 16.8. The summed E-state index contributed by atoms with van der Waals surface area (Å²) in [5, 5.41) is 3.13. The molecule has 0 saturated carbocycles. The highest BCUT2D eigenvalue weighted by Crippen LogP contribution is 2.38. The van der Waals surface area contributed by atoms with Crippen molar-refractivity contribution >= 4 is 23.6 Å². The topological polar surface area (TPSA) is 56.8 Å². The monoisotopic (exact) mass is 433 g/mol. The number of methoxy groups -OCH3 is 3. The average molecular weight is 433 g/mol. The maximum Gasteiger partial charge on any atom is 0.203 e. The van der Waals surface area contributed by atoms with Gasteiger partial charge in [-0.2, -0.15) is 0 Å². The minimum atomic E-state index is -0.378. The van der Waals surface area contributed by atoms with Crippen LogP contribution in [0.2, 0.25) is 0 Å². The smallest absolute Gasteiger partial charge is 0.203 e. The van der Waals surface area contributed by atoms with Crippen LogP contribution in [0.3, 0.4) is 0 Å². The Bertz CT molecular complexity index is 1110. The lowest BCUT2D eigenvalue weighted by molar-refractivity contribution is 0.104. The van der Waals surface area contributed by atoms with E-state index in [0.29, 0.717) is 22.8 Å². The molecule has 0 aliphatic heterocycles. The van der Waals surface area contributed by atoms with E-state index < -0.39 is 0 Å². The molecule has 3 rings (SSSR count). The number of nitrogens with one attached hydrogen (secondary N) is 1. The first kappa shape index (κ1) is 22.6. The normalized spacial score (nSPS) is 11.0. The van der Waals surface area contributed by atoms with Crippen molar-refractivity contribution in [3.05, 3.63) is 95.4 Å². The first-order valence-corrected chi connectivity index (χ1v) is 9.86. The molecule has 0 spiro atoms. The number of benzene rings is 3. The van der Waals surface area contributed by atoms with Gasteiger partial charge < -0.3 is 19.5 Å². The lowest BCUT2D eigenvalue weighted by Crippen LogP contribution is -1.97. The van der Waals surface area contributed by atoms with Gasteiger partial charge in [0.05, 0.1) is 21.3 Å². The third kappa shape index (κ3) is 5.55. The third-order valence-electron chi connectivity index (χ3n) is 4.71. The number of ketones is 1. The molecular formula is C26H24FNO4. The number of halogens is 1. The van der Waals surface area contributed by atoms with Crippen LogP contribution in [0, 0.1) is 5.82 Å². The zero-order chi connectivity index (χ0) is 22.9. The van der Waals surface area contributed by atoms with Gasteiger partial charge in [-0.05, 0) is 53.6 Å². The molecule has 1 N–H and O–H groups in total. The number of hydrogen-bond donors (Lipinski definition) is 1. The van der Waals surface area contributed by atoms with E-state index in [1.165, 1.54) is 30.3 Å². The van der Waals surface area contributed by atoms with E-state index in [9.17, 15) is 9.18 Å². The number of carbonyl (C=O) groups is 1. The van der Waals surface area contributed by atoms with E-state index in [1.54, 1.807) is 27.5 Å². The van der Waals surface area contributed by atoms with Crippen molar-refractivity contribution in [2.45, 2.75) is 0 Å². The van der Waals surface area contributed by atoms with Crippen LogP contribution in [0.25, 0.3) is 12.2 Å². The van der Waals surface area contributed by atoms with Gasteiger partial charge in [0.2, 0.25) is 5.75 Å². The lowest BCUT2D eigenvalue weighted by Gasteiger charge is -2.13. The van der Waals surface area contributed by atoms with Crippen molar-refractivity contribution < 1.29 is 23.4 Å². The summed E-state index contributed by atoms with van der Waals surface area (Å²) in [6.07, 6.45) is 6.85. The van der Waals surface area contributed by atoms with Crippen molar-refractivity contribution in [3.8, 4) is 17.2 Å². The first-order valence-electron chi connectivity index (χ1n) is 9.86. The molecule has 3 aromatic carbocycles. The van der Waals surface area contributed by atoms with Crippen LogP contribution in [-0.2, 0) is 0 Å².